The maximum absolute atomic E-state index is 12.7. The molecule has 6 heteroatoms. The number of fused-ring (bicyclic) bond motifs is 3. The molecule has 0 unspecified atom stereocenters. The molecule has 1 N–H and O–H groups in total. The van der Waals surface area contributed by atoms with Crippen LogP contribution in [0.2, 0.25) is 0 Å². The summed E-state index contributed by atoms with van der Waals surface area (Å²) >= 11 is 1.62. The SMILES string of the molecule is CC(C)[C@@H](C)NC(=O)Cn1cnc2sc3c(c2c1=O)CCC3. The summed E-state index contributed by atoms with van der Waals surface area (Å²) in [6.45, 7) is 6.11. The molecule has 0 saturated heterocycles. The van der Waals surface area contributed by atoms with E-state index in [0.29, 0.717) is 5.92 Å². The highest BCUT2D eigenvalue weighted by Gasteiger charge is 2.21. The normalized spacial score (nSPS) is 15.3. The Bertz CT molecular complexity index is 776. The summed E-state index contributed by atoms with van der Waals surface area (Å²) in [4.78, 5) is 31.2. The molecular formula is C16H21N3O2S. The van der Waals surface area contributed by atoms with Crippen molar-refractivity contribution in [3.8, 4) is 0 Å². The van der Waals surface area contributed by atoms with Crippen LogP contribution in [0, 0.1) is 5.92 Å². The Kier molecular flexibility index (Phi) is 4.04. The van der Waals surface area contributed by atoms with E-state index in [0.717, 1.165) is 35.0 Å². The Morgan fingerprint density at radius 2 is 2.18 bits per heavy atom. The van der Waals surface area contributed by atoms with E-state index in [2.05, 4.69) is 24.1 Å². The number of aryl methyl sites for hydroxylation is 2. The van der Waals surface area contributed by atoms with Gasteiger partial charge < -0.3 is 5.32 Å². The molecule has 0 aromatic carbocycles. The molecule has 0 radical (unpaired) electrons. The van der Waals surface area contributed by atoms with Crippen LogP contribution in [0.3, 0.4) is 0 Å². The second kappa shape index (κ2) is 5.83. The first-order chi connectivity index (χ1) is 10.5. The lowest BCUT2D eigenvalue weighted by Gasteiger charge is -2.17. The van der Waals surface area contributed by atoms with E-state index in [1.165, 1.54) is 15.8 Å². The number of hydrogen-bond acceptors (Lipinski definition) is 4. The van der Waals surface area contributed by atoms with Gasteiger partial charge in [0, 0.05) is 10.9 Å². The van der Waals surface area contributed by atoms with Gasteiger partial charge in [-0.3, -0.25) is 14.2 Å². The van der Waals surface area contributed by atoms with Crippen LogP contribution in [-0.4, -0.2) is 21.5 Å². The van der Waals surface area contributed by atoms with Gasteiger partial charge in [-0.05, 0) is 37.7 Å². The van der Waals surface area contributed by atoms with Crippen LogP contribution in [0.4, 0.5) is 0 Å². The van der Waals surface area contributed by atoms with Crippen molar-refractivity contribution in [3.05, 3.63) is 27.1 Å². The van der Waals surface area contributed by atoms with E-state index in [1.54, 1.807) is 11.3 Å². The van der Waals surface area contributed by atoms with Crippen molar-refractivity contribution in [2.45, 2.75) is 52.6 Å². The molecule has 1 amide bonds. The van der Waals surface area contributed by atoms with Crippen molar-refractivity contribution < 1.29 is 4.79 Å². The van der Waals surface area contributed by atoms with Crippen molar-refractivity contribution in [1.82, 2.24) is 14.9 Å². The van der Waals surface area contributed by atoms with Gasteiger partial charge in [0.15, 0.2) is 0 Å². The van der Waals surface area contributed by atoms with Crippen LogP contribution in [0.1, 0.15) is 37.6 Å². The maximum atomic E-state index is 12.7. The zero-order valence-corrected chi connectivity index (χ0v) is 14.0. The van der Waals surface area contributed by atoms with Crippen LogP contribution >= 0.6 is 11.3 Å². The number of rotatable bonds is 4. The van der Waals surface area contributed by atoms with Crippen molar-refractivity contribution in [3.63, 3.8) is 0 Å². The molecule has 1 atom stereocenters. The fourth-order valence-electron chi connectivity index (χ4n) is 2.75. The van der Waals surface area contributed by atoms with Crippen molar-refractivity contribution in [1.29, 1.82) is 0 Å². The molecule has 5 nitrogen and oxygen atoms in total. The number of aromatic nitrogens is 2. The smallest absolute Gasteiger partial charge is 0.262 e. The average molecular weight is 319 g/mol. The lowest BCUT2D eigenvalue weighted by molar-refractivity contribution is -0.122. The Morgan fingerprint density at radius 3 is 2.91 bits per heavy atom. The third kappa shape index (κ3) is 2.67. The van der Waals surface area contributed by atoms with E-state index in [9.17, 15) is 9.59 Å². The number of thiophene rings is 1. The summed E-state index contributed by atoms with van der Waals surface area (Å²) in [5.41, 5.74) is 1.07. The number of hydrogen-bond donors (Lipinski definition) is 1. The Balaban J connectivity index is 1.87. The van der Waals surface area contributed by atoms with Crippen molar-refractivity contribution in [2.24, 2.45) is 5.92 Å². The van der Waals surface area contributed by atoms with Gasteiger partial charge in [-0.15, -0.1) is 11.3 Å². The number of carbonyl (C=O) groups excluding carboxylic acids is 1. The summed E-state index contributed by atoms with van der Waals surface area (Å²) in [6.07, 6.45) is 4.60. The highest BCUT2D eigenvalue weighted by molar-refractivity contribution is 7.18. The summed E-state index contributed by atoms with van der Waals surface area (Å²) in [7, 11) is 0. The lowest BCUT2D eigenvalue weighted by atomic mass is 10.1. The van der Waals surface area contributed by atoms with Gasteiger partial charge in [-0.2, -0.15) is 0 Å². The Hall–Kier alpha value is -1.69. The minimum atomic E-state index is -0.142. The highest BCUT2D eigenvalue weighted by atomic mass is 32.1. The third-order valence-electron chi connectivity index (χ3n) is 4.39. The molecule has 0 aliphatic heterocycles. The molecule has 118 valence electrons. The first-order valence-corrected chi connectivity index (χ1v) is 8.58. The monoisotopic (exact) mass is 319 g/mol. The highest BCUT2D eigenvalue weighted by Crippen LogP contribution is 2.34. The topological polar surface area (TPSA) is 64.0 Å². The van der Waals surface area contributed by atoms with Gasteiger partial charge in [-0.25, -0.2) is 4.98 Å². The second-order valence-corrected chi connectivity index (χ2v) is 7.40. The lowest BCUT2D eigenvalue weighted by Crippen LogP contribution is -2.39. The van der Waals surface area contributed by atoms with Crippen LogP contribution in [-0.2, 0) is 24.2 Å². The van der Waals surface area contributed by atoms with Crippen LogP contribution < -0.4 is 10.9 Å². The summed E-state index contributed by atoms with van der Waals surface area (Å²) in [5.74, 6) is 0.220. The van der Waals surface area contributed by atoms with E-state index >= 15 is 0 Å². The summed E-state index contributed by atoms with van der Waals surface area (Å²) in [6, 6.07) is 0.0882. The minimum Gasteiger partial charge on any atom is -0.352 e. The standard InChI is InChI=1S/C16H21N3O2S/c1-9(2)10(3)18-13(20)7-19-8-17-15-14(16(19)21)11-5-4-6-12(11)22-15/h8-10H,4-7H2,1-3H3,(H,18,20)/t10-/m1/s1. The first-order valence-electron chi connectivity index (χ1n) is 7.76. The molecule has 1 aliphatic rings. The largest absolute Gasteiger partial charge is 0.352 e. The van der Waals surface area contributed by atoms with Crippen LogP contribution in [0.25, 0.3) is 10.2 Å². The predicted octanol–water partition coefficient (Wildman–Crippen LogP) is 2.11. The fourth-order valence-corrected chi connectivity index (χ4v) is 3.97. The molecule has 3 rings (SSSR count). The van der Waals surface area contributed by atoms with E-state index < -0.39 is 0 Å². The maximum Gasteiger partial charge on any atom is 0.262 e. The molecule has 22 heavy (non-hydrogen) atoms. The third-order valence-corrected chi connectivity index (χ3v) is 5.59. The van der Waals surface area contributed by atoms with Gasteiger partial charge in [0.05, 0.1) is 11.7 Å². The van der Waals surface area contributed by atoms with Crippen LogP contribution in [0.15, 0.2) is 11.1 Å². The number of nitrogens with one attached hydrogen (secondary N) is 1. The van der Waals surface area contributed by atoms with E-state index in [1.807, 2.05) is 6.92 Å². The number of carbonyl (C=O) groups is 1. The minimum absolute atomic E-state index is 0.0312. The Morgan fingerprint density at radius 1 is 1.41 bits per heavy atom. The van der Waals surface area contributed by atoms with Gasteiger partial charge in [0.1, 0.15) is 11.4 Å². The fraction of sp³-hybridized carbons (Fsp3) is 0.562. The second-order valence-electron chi connectivity index (χ2n) is 6.32. The van der Waals surface area contributed by atoms with Gasteiger partial charge in [-0.1, -0.05) is 13.8 Å². The van der Waals surface area contributed by atoms with E-state index in [-0.39, 0.29) is 24.1 Å². The quantitative estimate of drug-likeness (QED) is 0.939. The number of amides is 1. The van der Waals surface area contributed by atoms with Gasteiger partial charge in [0.25, 0.3) is 5.56 Å². The van der Waals surface area contributed by atoms with Crippen molar-refractivity contribution in [2.75, 3.05) is 0 Å². The zero-order valence-electron chi connectivity index (χ0n) is 13.2. The molecule has 1 aliphatic carbocycles. The average Bonchev–Trinajstić information content (AvgIpc) is 3.01. The van der Waals surface area contributed by atoms with Crippen molar-refractivity contribution >= 4 is 27.5 Å². The van der Waals surface area contributed by atoms with Crippen LogP contribution in [0.5, 0.6) is 0 Å². The molecule has 0 bridgehead atoms. The Labute approximate surface area is 133 Å². The molecule has 0 saturated carbocycles. The predicted molar refractivity (Wildman–Crippen MR) is 88.3 cm³/mol. The molecule has 2 aromatic heterocycles. The summed E-state index contributed by atoms with van der Waals surface area (Å²) < 4.78 is 1.43. The van der Waals surface area contributed by atoms with E-state index in [4.69, 9.17) is 0 Å². The molecule has 2 aromatic rings. The summed E-state index contributed by atoms with van der Waals surface area (Å²) in [5, 5.41) is 3.65. The molecular weight excluding hydrogens is 298 g/mol. The van der Waals surface area contributed by atoms with Gasteiger partial charge >= 0.3 is 0 Å². The molecule has 2 heterocycles. The molecule has 0 spiro atoms. The number of nitrogens with zero attached hydrogens (tertiary/aromatic N) is 2. The zero-order chi connectivity index (χ0) is 15.9. The van der Waals surface area contributed by atoms with Gasteiger partial charge in [0.2, 0.25) is 5.91 Å². The molecule has 0 fully saturated rings. The first kappa shape index (κ1) is 15.2.